The highest BCUT2D eigenvalue weighted by Crippen LogP contribution is 2.20. The van der Waals surface area contributed by atoms with E-state index >= 15 is 0 Å². The smallest absolute Gasteiger partial charge is 0.0584 e. The molecule has 3 heteroatoms. The van der Waals surface area contributed by atoms with Gasteiger partial charge in [-0.2, -0.15) is 0 Å². The van der Waals surface area contributed by atoms with Crippen molar-refractivity contribution in [1.82, 2.24) is 9.88 Å². The minimum atomic E-state index is 0.189. The van der Waals surface area contributed by atoms with Gasteiger partial charge in [-0.25, -0.2) is 0 Å². The van der Waals surface area contributed by atoms with Crippen molar-refractivity contribution in [3.63, 3.8) is 0 Å². The van der Waals surface area contributed by atoms with E-state index in [1.54, 1.807) is 0 Å². The number of para-hydroxylation sites is 1. The molecule has 0 saturated heterocycles. The quantitative estimate of drug-likeness (QED) is 0.827. The summed E-state index contributed by atoms with van der Waals surface area (Å²) in [6, 6.07) is 8.58. The van der Waals surface area contributed by atoms with Crippen LogP contribution in [0.5, 0.6) is 0 Å². The topological polar surface area (TPSA) is 37.2 Å². The van der Waals surface area contributed by atoms with E-state index in [1.165, 1.54) is 16.5 Å². The van der Waals surface area contributed by atoms with Crippen LogP contribution >= 0.6 is 0 Å². The molecule has 0 bridgehead atoms. The number of aromatic nitrogens is 1. The van der Waals surface area contributed by atoms with E-state index in [2.05, 4.69) is 54.3 Å². The lowest BCUT2D eigenvalue weighted by Crippen LogP contribution is -2.31. The molecule has 0 unspecified atom stereocenters. The number of hydrogen-bond donors (Lipinski definition) is 2. The van der Waals surface area contributed by atoms with Gasteiger partial charge in [0.15, 0.2) is 0 Å². The Labute approximate surface area is 102 Å². The van der Waals surface area contributed by atoms with E-state index in [4.69, 9.17) is 5.11 Å². The fraction of sp³-hybridized carbons (Fsp3) is 0.429. The first-order valence-electron chi connectivity index (χ1n) is 6.13. The standard InChI is InChI=1S/C14H20N2O/c1-3-12(10-17)15-8-11-9-16(2)14-7-5-4-6-13(11)14/h4-7,9,12,15,17H,3,8,10H2,1-2H3/t12-/m1/s1. The van der Waals surface area contributed by atoms with Crippen LogP contribution in [0.4, 0.5) is 0 Å². The Morgan fingerprint density at radius 2 is 2.12 bits per heavy atom. The van der Waals surface area contributed by atoms with Gasteiger partial charge in [0.2, 0.25) is 0 Å². The largest absolute Gasteiger partial charge is 0.395 e. The van der Waals surface area contributed by atoms with Gasteiger partial charge in [-0.05, 0) is 18.1 Å². The Balaban J connectivity index is 2.19. The van der Waals surface area contributed by atoms with Crippen LogP contribution in [0.15, 0.2) is 30.5 Å². The predicted octanol–water partition coefficient (Wildman–Crippen LogP) is 2.04. The predicted molar refractivity (Wildman–Crippen MR) is 70.9 cm³/mol. The highest BCUT2D eigenvalue weighted by molar-refractivity contribution is 5.83. The molecule has 1 aromatic carbocycles. The first-order valence-corrected chi connectivity index (χ1v) is 6.13. The minimum absolute atomic E-state index is 0.189. The van der Waals surface area contributed by atoms with Crippen molar-refractivity contribution in [3.8, 4) is 0 Å². The summed E-state index contributed by atoms with van der Waals surface area (Å²) in [7, 11) is 2.06. The molecule has 92 valence electrons. The van der Waals surface area contributed by atoms with Crippen molar-refractivity contribution in [3.05, 3.63) is 36.0 Å². The molecule has 3 nitrogen and oxygen atoms in total. The third-order valence-corrected chi connectivity index (χ3v) is 3.27. The molecule has 2 aromatic rings. The molecular formula is C14H20N2O. The molecule has 1 aromatic heterocycles. The van der Waals surface area contributed by atoms with Crippen LogP contribution in [-0.2, 0) is 13.6 Å². The number of nitrogens with zero attached hydrogens (tertiary/aromatic N) is 1. The molecule has 0 aliphatic carbocycles. The molecule has 1 atom stereocenters. The lowest BCUT2D eigenvalue weighted by atomic mass is 10.1. The van der Waals surface area contributed by atoms with Crippen LogP contribution in [0.3, 0.4) is 0 Å². The maximum Gasteiger partial charge on any atom is 0.0584 e. The Morgan fingerprint density at radius 3 is 2.82 bits per heavy atom. The maximum absolute atomic E-state index is 9.15. The number of fused-ring (bicyclic) bond motifs is 1. The van der Waals surface area contributed by atoms with Gasteiger partial charge in [0.1, 0.15) is 0 Å². The van der Waals surface area contributed by atoms with Gasteiger partial charge >= 0.3 is 0 Å². The molecule has 17 heavy (non-hydrogen) atoms. The lowest BCUT2D eigenvalue weighted by molar-refractivity contribution is 0.238. The van der Waals surface area contributed by atoms with Gasteiger partial charge < -0.3 is 15.0 Å². The summed E-state index contributed by atoms with van der Waals surface area (Å²) in [5.41, 5.74) is 2.54. The monoisotopic (exact) mass is 232 g/mol. The molecule has 0 aliphatic rings. The Hall–Kier alpha value is -1.32. The summed E-state index contributed by atoms with van der Waals surface area (Å²) in [4.78, 5) is 0. The van der Waals surface area contributed by atoms with Crippen LogP contribution in [0.2, 0.25) is 0 Å². The SMILES string of the molecule is CC[C@H](CO)NCc1cn(C)c2ccccc12. The van der Waals surface area contributed by atoms with Crippen LogP contribution in [0, 0.1) is 0 Å². The molecule has 2 rings (SSSR count). The van der Waals surface area contributed by atoms with E-state index in [-0.39, 0.29) is 12.6 Å². The summed E-state index contributed by atoms with van der Waals surface area (Å²) in [6.07, 6.45) is 3.10. The average molecular weight is 232 g/mol. The molecule has 1 heterocycles. The molecule has 0 radical (unpaired) electrons. The number of aliphatic hydroxyl groups excluding tert-OH is 1. The third-order valence-electron chi connectivity index (χ3n) is 3.27. The number of benzene rings is 1. The normalized spacial score (nSPS) is 13.1. The molecule has 0 spiro atoms. The van der Waals surface area contributed by atoms with Crippen molar-refractivity contribution >= 4 is 10.9 Å². The zero-order valence-electron chi connectivity index (χ0n) is 10.5. The number of rotatable bonds is 5. The fourth-order valence-electron chi connectivity index (χ4n) is 2.16. The number of hydrogen-bond acceptors (Lipinski definition) is 2. The van der Waals surface area contributed by atoms with Crippen molar-refractivity contribution in [2.24, 2.45) is 7.05 Å². The highest BCUT2D eigenvalue weighted by Gasteiger charge is 2.08. The average Bonchev–Trinajstić information content (AvgIpc) is 2.69. The van der Waals surface area contributed by atoms with Crippen molar-refractivity contribution < 1.29 is 5.11 Å². The second-order valence-corrected chi connectivity index (χ2v) is 4.45. The maximum atomic E-state index is 9.15. The summed E-state index contributed by atoms with van der Waals surface area (Å²) >= 11 is 0. The molecule has 0 saturated carbocycles. The van der Waals surface area contributed by atoms with Crippen molar-refractivity contribution in [2.75, 3.05) is 6.61 Å². The fourth-order valence-corrected chi connectivity index (χ4v) is 2.16. The first-order chi connectivity index (χ1) is 8.26. The Kier molecular flexibility index (Phi) is 3.82. The first kappa shape index (κ1) is 12.1. The summed E-state index contributed by atoms with van der Waals surface area (Å²) in [5, 5.41) is 13.8. The Bertz CT molecular complexity index is 486. The van der Waals surface area contributed by atoms with E-state index in [0.29, 0.717) is 0 Å². The van der Waals surface area contributed by atoms with Crippen molar-refractivity contribution in [2.45, 2.75) is 25.9 Å². The van der Waals surface area contributed by atoms with Gasteiger partial charge in [0.25, 0.3) is 0 Å². The second kappa shape index (κ2) is 5.34. The van der Waals surface area contributed by atoms with Crippen LogP contribution in [0.1, 0.15) is 18.9 Å². The third kappa shape index (κ3) is 2.51. The van der Waals surface area contributed by atoms with Gasteiger partial charge in [-0.15, -0.1) is 0 Å². The lowest BCUT2D eigenvalue weighted by Gasteiger charge is -2.13. The zero-order valence-corrected chi connectivity index (χ0v) is 10.5. The highest BCUT2D eigenvalue weighted by atomic mass is 16.3. The van der Waals surface area contributed by atoms with Gasteiger partial charge in [-0.3, -0.25) is 0 Å². The van der Waals surface area contributed by atoms with Crippen LogP contribution in [-0.4, -0.2) is 22.3 Å². The molecule has 0 aliphatic heterocycles. The second-order valence-electron chi connectivity index (χ2n) is 4.45. The molecular weight excluding hydrogens is 212 g/mol. The number of aryl methyl sites for hydroxylation is 1. The van der Waals surface area contributed by atoms with Gasteiger partial charge in [0.05, 0.1) is 6.61 Å². The Morgan fingerprint density at radius 1 is 1.35 bits per heavy atom. The minimum Gasteiger partial charge on any atom is -0.395 e. The summed E-state index contributed by atoms with van der Waals surface area (Å²) < 4.78 is 2.15. The van der Waals surface area contributed by atoms with E-state index < -0.39 is 0 Å². The number of aliphatic hydroxyl groups is 1. The summed E-state index contributed by atoms with van der Waals surface area (Å²) in [5.74, 6) is 0. The number of nitrogens with one attached hydrogen (secondary N) is 1. The zero-order chi connectivity index (χ0) is 12.3. The van der Waals surface area contributed by atoms with Crippen LogP contribution in [0.25, 0.3) is 10.9 Å². The molecule has 0 amide bonds. The van der Waals surface area contributed by atoms with Gasteiger partial charge in [-0.1, -0.05) is 25.1 Å². The van der Waals surface area contributed by atoms with E-state index in [9.17, 15) is 0 Å². The summed E-state index contributed by atoms with van der Waals surface area (Å²) in [6.45, 7) is 3.08. The van der Waals surface area contributed by atoms with E-state index in [0.717, 1.165) is 13.0 Å². The molecule has 2 N–H and O–H groups in total. The van der Waals surface area contributed by atoms with E-state index in [1.807, 2.05) is 0 Å². The van der Waals surface area contributed by atoms with Crippen molar-refractivity contribution in [1.29, 1.82) is 0 Å². The van der Waals surface area contributed by atoms with Crippen LogP contribution < -0.4 is 5.32 Å². The van der Waals surface area contributed by atoms with Gasteiger partial charge in [0, 0.05) is 36.7 Å². The molecule has 0 fully saturated rings.